The monoisotopic (exact) mass is 267 g/mol. The van der Waals surface area contributed by atoms with Crippen molar-refractivity contribution < 1.29 is 19.7 Å². The first-order chi connectivity index (χ1) is 9.01. The van der Waals surface area contributed by atoms with Gasteiger partial charge in [-0.05, 0) is 37.7 Å². The van der Waals surface area contributed by atoms with Crippen molar-refractivity contribution in [1.29, 1.82) is 0 Å². The van der Waals surface area contributed by atoms with Crippen LogP contribution in [0.4, 0.5) is 0 Å². The van der Waals surface area contributed by atoms with E-state index in [9.17, 15) is 15.0 Å². The Hall–Kier alpha value is -1.75. The molecule has 0 amide bonds. The van der Waals surface area contributed by atoms with Crippen molar-refractivity contribution >= 4 is 5.97 Å². The summed E-state index contributed by atoms with van der Waals surface area (Å²) >= 11 is 0. The first-order valence-corrected chi connectivity index (χ1v) is 6.31. The Morgan fingerprint density at radius 1 is 1.47 bits per heavy atom. The molecule has 1 unspecified atom stereocenters. The fraction of sp³-hybridized carbons (Fsp3) is 0.500. The molecule has 0 aromatic heterocycles. The number of rotatable bonds is 7. The summed E-state index contributed by atoms with van der Waals surface area (Å²) in [5, 5.41) is 18.9. The van der Waals surface area contributed by atoms with Crippen LogP contribution in [0.2, 0.25) is 0 Å². The number of aliphatic carboxylic acids is 1. The van der Waals surface area contributed by atoms with Crippen LogP contribution in [0, 0.1) is 0 Å². The van der Waals surface area contributed by atoms with E-state index >= 15 is 0 Å². The number of benzene rings is 1. The minimum Gasteiger partial charge on any atom is -0.504 e. The summed E-state index contributed by atoms with van der Waals surface area (Å²) in [6.07, 6.45) is 1.95. The number of likely N-dealkylation sites (N-methyl/N-ethyl adjacent to an activating group) is 1. The molecule has 0 aliphatic carbocycles. The minimum absolute atomic E-state index is 0.00611. The van der Waals surface area contributed by atoms with E-state index < -0.39 is 12.0 Å². The van der Waals surface area contributed by atoms with Crippen molar-refractivity contribution in [1.82, 2.24) is 4.90 Å². The number of hydrogen-bond acceptors (Lipinski definition) is 4. The average molecular weight is 267 g/mol. The van der Waals surface area contributed by atoms with Gasteiger partial charge in [0.2, 0.25) is 0 Å². The number of carboxylic acids is 1. The Morgan fingerprint density at radius 2 is 2.16 bits per heavy atom. The lowest BCUT2D eigenvalue weighted by Gasteiger charge is -2.25. The zero-order valence-electron chi connectivity index (χ0n) is 11.6. The number of ether oxygens (including phenoxy) is 1. The molecule has 1 aromatic carbocycles. The van der Waals surface area contributed by atoms with E-state index in [1.54, 1.807) is 24.1 Å². The molecule has 0 aliphatic heterocycles. The summed E-state index contributed by atoms with van der Waals surface area (Å²) < 4.78 is 5.01. The molecule has 0 aliphatic rings. The van der Waals surface area contributed by atoms with Gasteiger partial charge >= 0.3 is 5.97 Å². The number of methoxy groups -OCH3 is 1. The van der Waals surface area contributed by atoms with Crippen LogP contribution in [0.1, 0.15) is 31.4 Å². The van der Waals surface area contributed by atoms with E-state index in [0.717, 1.165) is 12.8 Å². The largest absolute Gasteiger partial charge is 0.504 e. The molecule has 19 heavy (non-hydrogen) atoms. The summed E-state index contributed by atoms with van der Waals surface area (Å²) in [7, 11) is 3.23. The maximum Gasteiger partial charge on any atom is 0.325 e. The fourth-order valence-corrected chi connectivity index (χ4v) is 1.99. The maximum absolute atomic E-state index is 11.4. The number of carbonyl (C=O) groups is 1. The number of hydrogen-bond donors (Lipinski definition) is 2. The molecular weight excluding hydrogens is 246 g/mol. The van der Waals surface area contributed by atoms with Gasteiger partial charge in [-0.1, -0.05) is 19.4 Å². The van der Waals surface area contributed by atoms with Crippen LogP contribution in [-0.2, 0) is 4.79 Å². The highest BCUT2D eigenvalue weighted by atomic mass is 16.5. The highest BCUT2D eigenvalue weighted by Gasteiger charge is 2.25. The van der Waals surface area contributed by atoms with Gasteiger partial charge < -0.3 is 14.9 Å². The van der Waals surface area contributed by atoms with Crippen molar-refractivity contribution in [3.63, 3.8) is 0 Å². The zero-order chi connectivity index (χ0) is 14.4. The van der Waals surface area contributed by atoms with Crippen molar-refractivity contribution in [2.75, 3.05) is 20.7 Å². The van der Waals surface area contributed by atoms with Crippen LogP contribution < -0.4 is 4.74 Å². The molecule has 0 fully saturated rings. The van der Waals surface area contributed by atoms with Crippen LogP contribution in [0.3, 0.4) is 0 Å². The molecule has 0 radical (unpaired) electrons. The standard InChI is InChI=1S/C14H21NO4/c1-4-5-8-15(2)13(14(17)18)10-6-7-11(16)12(9-10)19-3/h6-7,9,13,16H,4-5,8H2,1-3H3,(H,17,18). The second-order valence-corrected chi connectivity index (χ2v) is 4.51. The van der Waals surface area contributed by atoms with Crippen molar-refractivity contribution in [2.24, 2.45) is 0 Å². The number of carboxylic acid groups (broad SMARTS) is 1. The summed E-state index contributed by atoms with van der Waals surface area (Å²) in [6.45, 7) is 2.77. The first kappa shape index (κ1) is 15.3. The van der Waals surface area contributed by atoms with E-state index in [1.807, 2.05) is 0 Å². The van der Waals surface area contributed by atoms with Gasteiger partial charge in [0, 0.05) is 0 Å². The number of aromatic hydroxyl groups is 1. The molecule has 0 saturated heterocycles. The van der Waals surface area contributed by atoms with Gasteiger partial charge in [0.25, 0.3) is 0 Å². The molecule has 1 atom stereocenters. The molecule has 1 aromatic rings. The molecule has 5 heteroatoms. The van der Waals surface area contributed by atoms with Crippen LogP contribution >= 0.6 is 0 Å². The predicted octanol–water partition coefficient (Wildman–Crippen LogP) is 2.26. The zero-order valence-corrected chi connectivity index (χ0v) is 11.6. The maximum atomic E-state index is 11.4. The Bertz CT molecular complexity index is 433. The molecule has 0 spiro atoms. The van der Waals surface area contributed by atoms with E-state index in [2.05, 4.69) is 6.92 Å². The lowest BCUT2D eigenvalue weighted by Crippen LogP contribution is -2.31. The van der Waals surface area contributed by atoms with E-state index in [1.165, 1.54) is 13.2 Å². The minimum atomic E-state index is -0.911. The molecule has 1 rings (SSSR count). The second kappa shape index (κ2) is 6.99. The van der Waals surface area contributed by atoms with Crippen molar-refractivity contribution in [3.8, 4) is 11.5 Å². The summed E-state index contributed by atoms with van der Waals surface area (Å²) in [4.78, 5) is 13.2. The lowest BCUT2D eigenvalue weighted by molar-refractivity contribution is -0.143. The Kier molecular flexibility index (Phi) is 5.63. The molecule has 106 valence electrons. The van der Waals surface area contributed by atoms with Gasteiger partial charge in [0.15, 0.2) is 11.5 Å². The third-order valence-electron chi connectivity index (χ3n) is 3.06. The first-order valence-electron chi connectivity index (χ1n) is 6.31. The van der Waals surface area contributed by atoms with E-state index in [0.29, 0.717) is 12.1 Å². The highest BCUT2D eigenvalue weighted by molar-refractivity contribution is 5.76. The summed E-state index contributed by atoms with van der Waals surface area (Å²) in [6, 6.07) is 3.90. The van der Waals surface area contributed by atoms with Gasteiger partial charge in [-0.25, -0.2) is 0 Å². The SMILES string of the molecule is CCCCN(C)C(C(=O)O)c1ccc(O)c(OC)c1. The molecular formula is C14H21NO4. The Balaban J connectivity index is 3.02. The molecule has 0 heterocycles. The highest BCUT2D eigenvalue weighted by Crippen LogP contribution is 2.31. The van der Waals surface area contributed by atoms with Crippen LogP contribution in [-0.4, -0.2) is 41.8 Å². The number of phenols is 1. The Labute approximate surface area is 113 Å². The third-order valence-corrected chi connectivity index (χ3v) is 3.06. The quantitative estimate of drug-likeness (QED) is 0.793. The third kappa shape index (κ3) is 3.86. The van der Waals surface area contributed by atoms with Gasteiger partial charge in [-0.15, -0.1) is 0 Å². The van der Waals surface area contributed by atoms with Gasteiger partial charge in [-0.2, -0.15) is 0 Å². The summed E-state index contributed by atoms with van der Waals surface area (Å²) in [5.74, 6) is -0.620. The van der Waals surface area contributed by atoms with Crippen molar-refractivity contribution in [3.05, 3.63) is 23.8 Å². The van der Waals surface area contributed by atoms with E-state index in [-0.39, 0.29) is 11.5 Å². The predicted molar refractivity (Wildman–Crippen MR) is 72.6 cm³/mol. The van der Waals surface area contributed by atoms with Crippen LogP contribution in [0.25, 0.3) is 0 Å². The number of nitrogens with zero attached hydrogens (tertiary/aromatic N) is 1. The molecule has 0 bridgehead atoms. The molecule has 5 nitrogen and oxygen atoms in total. The number of unbranched alkanes of at least 4 members (excludes halogenated alkanes) is 1. The average Bonchev–Trinajstić information content (AvgIpc) is 2.38. The normalized spacial score (nSPS) is 12.4. The lowest BCUT2D eigenvalue weighted by atomic mass is 10.0. The smallest absolute Gasteiger partial charge is 0.325 e. The Morgan fingerprint density at radius 3 is 2.68 bits per heavy atom. The summed E-state index contributed by atoms with van der Waals surface area (Å²) in [5.41, 5.74) is 0.598. The second-order valence-electron chi connectivity index (χ2n) is 4.51. The van der Waals surface area contributed by atoms with Crippen LogP contribution in [0.5, 0.6) is 11.5 Å². The fourth-order valence-electron chi connectivity index (χ4n) is 1.99. The number of phenolic OH excluding ortho intramolecular Hbond substituents is 1. The van der Waals surface area contributed by atoms with Gasteiger partial charge in [0.05, 0.1) is 7.11 Å². The van der Waals surface area contributed by atoms with Crippen LogP contribution in [0.15, 0.2) is 18.2 Å². The topological polar surface area (TPSA) is 70.0 Å². The molecule has 2 N–H and O–H groups in total. The molecule has 0 saturated carbocycles. The van der Waals surface area contributed by atoms with Gasteiger partial charge in [0.1, 0.15) is 6.04 Å². The van der Waals surface area contributed by atoms with E-state index in [4.69, 9.17) is 4.74 Å². The van der Waals surface area contributed by atoms with Crippen molar-refractivity contribution in [2.45, 2.75) is 25.8 Å². The van der Waals surface area contributed by atoms with Gasteiger partial charge in [-0.3, -0.25) is 9.69 Å².